The van der Waals surface area contributed by atoms with Gasteiger partial charge in [-0.3, -0.25) is 0 Å². The van der Waals surface area contributed by atoms with Crippen LogP contribution in [-0.2, 0) is 29.0 Å². The average molecular weight is 538 g/mol. The fourth-order valence-electron chi connectivity index (χ4n) is 3.52. The molecule has 1 aromatic carbocycles. The van der Waals surface area contributed by atoms with Crippen LogP contribution in [0, 0.1) is 0 Å². The highest BCUT2D eigenvalue weighted by Crippen LogP contribution is 2.44. The van der Waals surface area contributed by atoms with Gasteiger partial charge in [-0.05, 0) is 24.3 Å². The zero-order valence-electron chi connectivity index (χ0n) is 18.2. The molecule has 3 aromatic heterocycles. The molecule has 4 aromatic rings. The molecule has 0 atom stereocenters. The zero-order chi connectivity index (χ0) is 26.8. The van der Waals surface area contributed by atoms with Crippen LogP contribution in [0.25, 0.3) is 33.5 Å². The van der Waals surface area contributed by atoms with E-state index in [1.54, 1.807) is 0 Å². The van der Waals surface area contributed by atoms with E-state index >= 15 is 0 Å². The lowest BCUT2D eigenvalue weighted by Gasteiger charge is -2.20. The lowest BCUT2D eigenvalue weighted by atomic mass is 10.0. The topological polar surface area (TPSA) is 77.7 Å². The summed E-state index contributed by atoms with van der Waals surface area (Å²) in [5, 5.41) is -0.313. The van der Waals surface area contributed by atoms with Crippen molar-refractivity contribution in [3.05, 3.63) is 47.8 Å². The molecule has 6 nitrogen and oxygen atoms in total. The van der Waals surface area contributed by atoms with Crippen molar-refractivity contribution in [2.24, 2.45) is 7.05 Å². The van der Waals surface area contributed by atoms with Gasteiger partial charge in [-0.25, -0.2) is 23.4 Å². The van der Waals surface area contributed by atoms with E-state index in [1.165, 1.54) is 18.5 Å². The van der Waals surface area contributed by atoms with E-state index in [0.717, 1.165) is 18.3 Å². The predicted octanol–water partition coefficient (Wildman–Crippen LogP) is 5.65. The number of pyridine rings is 2. The summed E-state index contributed by atoms with van der Waals surface area (Å²) in [6.07, 6.45) is -9.75. The number of alkyl halides is 8. The van der Waals surface area contributed by atoms with Crippen LogP contribution in [0.15, 0.2) is 41.4 Å². The van der Waals surface area contributed by atoms with Crippen molar-refractivity contribution in [3.8, 4) is 11.5 Å². The third-order valence-corrected chi connectivity index (χ3v) is 7.22. The summed E-state index contributed by atoms with van der Waals surface area (Å²) in [5.41, 5.74) is -3.15. The van der Waals surface area contributed by atoms with Gasteiger partial charge in [0.15, 0.2) is 15.7 Å². The fraction of sp³-hybridized carbons (Fsp3) is 0.286. The Kier molecular flexibility index (Phi) is 5.77. The first-order valence-corrected chi connectivity index (χ1v) is 11.6. The first-order chi connectivity index (χ1) is 16.5. The Labute approximate surface area is 197 Å². The summed E-state index contributed by atoms with van der Waals surface area (Å²) in [6.45, 7) is 1.27. The number of halogens is 8. The monoisotopic (exact) mass is 538 g/mol. The van der Waals surface area contributed by atoms with Crippen molar-refractivity contribution in [1.29, 1.82) is 0 Å². The number of aryl methyl sites for hydroxylation is 1. The first kappa shape index (κ1) is 25.7. The molecule has 36 heavy (non-hydrogen) atoms. The Hall–Kier alpha value is -3.36. The third kappa shape index (κ3) is 4.14. The minimum Gasteiger partial charge on any atom is -0.324 e. The number of hydrogen-bond acceptors (Lipinski definition) is 5. The number of fused-ring (bicyclic) bond motifs is 2. The molecule has 0 bridgehead atoms. The Morgan fingerprint density at radius 2 is 1.58 bits per heavy atom. The van der Waals surface area contributed by atoms with Crippen molar-refractivity contribution in [2.45, 2.75) is 30.1 Å². The molecule has 0 aliphatic carbocycles. The number of hydrogen-bond donors (Lipinski definition) is 0. The molecule has 3 heterocycles. The molecule has 192 valence electrons. The fourth-order valence-corrected chi connectivity index (χ4v) is 4.57. The molecule has 0 saturated carbocycles. The minimum absolute atomic E-state index is 0.111. The molecule has 0 unspecified atom stereocenters. The minimum atomic E-state index is -5.89. The van der Waals surface area contributed by atoms with Crippen molar-refractivity contribution in [1.82, 2.24) is 19.5 Å². The number of aromatic nitrogens is 4. The molecular formula is C21H14F8N4O2S. The molecular weight excluding hydrogens is 524 g/mol. The molecule has 0 aliphatic heterocycles. The highest BCUT2D eigenvalue weighted by atomic mass is 32.2. The van der Waals surface area contributed by atoms with Crippen molar-refractivity contribution in [2.75, 3.05) is 5.75 Å². The number of imidazole rings is 1. The smallest absolute Gasteiger partial charge is 0.324 e. The molecule has 0 aliphatic rings. The summed E-state index contributed by atoms with van der Waals surface area (Å²) >= 11 is 0. The number of nitrogens with zero attached hydrogens (tertiary/aromatic N) is 4. The van der Waals surface area contributed by atoms with Gasteiger partial charge in [-0.2, -0.15) is 35.1 Å². The van der Waals surface area contributed by atoms with Crippen LogP contribution in [0.4, 0.5) is 35.1 Å². The summed E-state index contributed by atoms with van der Waals surface area (Å²) in [6, 6.07) is 3.42. The molecule has 15 heteroatoms. The average Bonchev–Trinajstić information content (AvgIpc) is 3.12. The molecule has 0 fully saturated rings. The maximum Gasteiger partial charge on any atom is 0.458 e. The van der Waals surface area contributed by atoms with Crippen LogP contribution in [0.3, 0.4) is 0 Å². The van der Waals surface area contributed by atoms with Crippen LogP contribution < -0.4 is 0 Å². The largest absolute Gasteiger partial charge is 0.458 e. The van der Waals surface area contributed by atoms with Crippen molar-refractivity contribution >= 4 is 31.8 Å². The van der Waals surface area contributed by atoms with E-state index in [2.05, 4.69) is 15.0 Å². The summed E-state index contributed by atoms with van der Waals surface area (Å²) < 4.78 is 132. The lowest BCUT2D eigenvalue weighted by molar-refractivity contribution is -0.289. The second-order valence-electron chi connectivity index (χ2n) is 7.77. The van der Waals surface area contributed by atoms with Gasteiger partial charge in [0.25, 0.3) is 0 Å². The second-order valence-corrected chi connectivity index (χ2v) is 10.0. The van der Waals surface area contributed by atoms with Gasteiger partial charge < -0.3 is 4.57 Å². The molecule has 0 radical (unpaired) electrons. The quantitative estimate of drug-likeness (QED) is 0.314. The molecule has 0 amide bonds. The maximum absolute atomic E-state index is 13.9. The first-order valence-electron chi connectivity index (χ1n) is 10.00. The Balaban J connectivity index is 2.00. The normalized spacial score (nSPS) is 13.6. The number of rotatable bonds is 4. The van der Waals surface area contributed by atoms with E-state index in [4.69, 9.17) is 0 Å². The zero-order valence-corrected chi connectivity index (χ0v) is 19.0. The van der Waals surface area contributed by atoms with Gasteiger partial charge in [-0.15, -0.1) is 0 Å². The second kappa shape index (κ2) is 8.08. The predicted molar refractivity (Wildman–Crippen MR) is 112 cm³/mol. The van der Waals surface area contributed by atoms with Crippen LogP contribution >= 0.6 is 0 Å². The van der Waals surface area contributed by atoms with E-state index in [0.29, 0.717) is 18.2 Å². The lowest BCUT2D eigenvalue weighted by Crippen LogP contribution is -2.33. The number of benzene rings is 1. The van der Waals surface area contributed by atoms with Crippen LogP contribution in [0.5, 0.6) is 0 Å². The molecule has 0 spiro atoms. The maximum atomic E-state index is 13.9. The molecule has 0 saturated heterocycles. The van der Waals surface area contributed by atoms with Crippen LogP contribution in [0.2, 0.25) is 0 Å². The van der Waals surface area contributed by atoms with E-state index in [9.17, 15) is 43.5 Å². The van der Waals surface area contributed by atoms with Crippen LogP contribution in [0.1, 0.15) is 18.2 Å². The van der Waals surface area contributed by atoms with Gasteiger partial charge in [-0.1, -0.05) is 13.0 Å². The van der Waals surface area contributed by atoms with Crippen molar-refractivity contribution < 1.29 is 43.5 Å². The summed E-state index contributed by atoms with van der Waals surface area (Å²) in [4.78, 5) is 11.0. The van der Waals surface area contributed by atoms with Crippen LogP contribution in [-0.4, -0.2) is 39.9 Å². The highest BCUT2D eigenvalue weighted by molar-refractivity contribution is 7.91. The third-order valence-electron chi connectivity index (χ3n) is 5.48. The summed E-state index contributed by atoms with van der Waals surface area (Å²) in [5.74, 6) is -5.87. The summed E-state index contributed by atoms with van der Waals surface area (Å²) in [7, 11) is -2.78. The van der Waals surface area contributed by atoms with Crippen molar-refractivity contribution in [3.63, 3.8) is 0 Å². The Morgan fingerprint density at radius 1 is 0.917 bits per heavy atom. The van der Waals surface area contributed by atoms with Gasteiger partial charge in [0.1, 0.15) is 11.4 Å². The SMILES string of the molecule is CCS(=O)(=O)c1cc2cc(C(F)(F)C(F)(F)F)ccc2nc1-c1nc2cc(C(F)(F)F)ncc2n1C. The van der Waals surface area contributed by atoms with E-state index in [-0.39, 0.29) is 33.5 Å². The van der Waals surface area contributed by atoms with Gasteiger partial charge in [0.2, 0.25) is 0 Å². The standard InChI is InChI=1S/C21H14F8N4O2S/c1-3-36(34,35)15-7-10-6-11(19(22,23)21(27,28)29)4-5-12(10)31-17(15)18-32-13-8-16(20(24,25)26)30-9-14(13)33(18)2/h4-9H,3H2,1-2H3. The molecule has 4 rings (SSSR count). The van der Waals surface area contributed by atoms with E-state index in [1.807, 2.05) is 0 Å². The van der Waals surface area contributed by atoms with Gasteiger partial charge >= 0.3 is 18.3 Å². The van der Waals surface area contributed by atoms with Gasteiger partial charge in [0.05, 0.1) is 33.4 Å². The van der Waals surface area contributed by atoms with E-state index < -0.39 is 50.0 Å². The Morgan fingerprint density at radius 3 is 2.17 bits per heavy atom. The molecule has 0 N–H and O–H groups in total. The Bertz CT molecular complexity index is 1610. The number of sulfone groups is 1. The highest BCUT2D eigenvalue weighted by Gasteiger charge is 2.58. The van der Waals surface area contributed by atoms with Gasteiger partial charge in [0, 0.05) is 18.0 Å².